The van der Waals surface area contributed by atoms with Gasteiger partial charge in [0.2, 0.25) is 12.2 Å². The van der Waals surface area contributed by atoms with Crippen LogP contribution in [0.25, 0.3) is 22.3 Å². The van der Waals surface area contributed by atoms with E-state index in [9.17, 15) is 4.39 Å². The van der Waals surface area contributed by atoms with Gasteiger partial charge in [-0.15, -0.1) is 0 Å². The zero-order chi connectivity index (χ0) is 30.1. The van der Waals surface area contributed by atoms with Crippen LogP contribution < -0.4 is 0 Å². The van der Waals surface area contributed by atoms with Crippen LogP contribution in [0, 0.1) is 5.82 Å². The number of allylic oxidation sites excluding steroid dienone is 6. The number of hydrogen-bond donors (Lipinski definition) is 1. The second-order valence-corrected chi connectivity index (χ2v) is 9.18. The summed E-state index contributed by atoms with van der Waals surface area (Å²) in [6, 6.07) is 3.08. The molecule has 2 aromatic heterocycles. The van der Waals surface area contributed by atoms with Gasteiger partial charge in [-0.3, -0.25) is 0 Å². The predicted molar refractivity (Wildman–Crippen MR) is 169 cm³/mol. The zero-order valence-corrected chi connectivity index (χ0v) is 25.6. The minimum atomic E-state index is -0.295. The Hall–Kier alpha value is -3.71. The Morgan fingerprint density at radius 3 is 2.40 bits per heavy atom. The minimum Gasteiger partial charge on any atom is -0.371 e. The smallest absolute Gasteiger partial charge is 0.214 e. The normalized spacial score (nSPS) is 11.2. The molecule has 6 nitrogen and oxygen atoms in total. The summed E-state index contributed by atoms with van der Waals surface area (Å²) in [7, 11) is 4.09. The minimum absolute atomic E-state index is 0.295. The molecule has 0 spiro atoms. The Bertz CT molecular complexity index is 1250. The van der Waals surface area contributed by atoms with Crippen molar-refractivity contribution in [3.05, 3.63) is 97.0 Å². The molecule has 0 aliphatic heterocycles. The molecular weight excluding hydrogens is 501 g/mol. The van der Waals surface area contributed by atoms with Gasteiger partial charge in [0.1, 0.15) is 5.82 Å². The summed E-state index contributed by atoms with van der Waals surface area (Å²) in [5.41, 5.74) is 5.22. The van der Waals surface area contributed by atoms with Gasteiger partial charge in [-0.2, -0.15) is 4.98 Å². The predicted octanol–water partition coefficient (Wildman–Crippen LogP) is 8.35. The number of hydrogen-bond acceptors (Lipinski definition) is 5. The Morgan fingerprint density at radius 2 is 1.85 bits per heavy atom. The molecule has 0 saturated carbocycles. The van der Waals surface area contributed by atoms with Crippen molar-refractivity contribution in [3.63, 3.8) is 0 Å². The van der Waals surface area contributed by atoms with Gasteiger partial charge in [0.15, 0.2) is 0 Å². The van der Waals surface area contributed by atoms with Crippen molar-refractivity contribution in [1.82, 2.24) is 24.9 Å². The Morgan fingerprint density at radius 1 is 1.12 bits per heavy atom. The first-order chi connectivity index (χ1) is 19.3. The number of fused-ring (bicyclic) bond motifs is 1. The molecule has 40 heavy (non-hydrogen) atoms. The molecule has 3 rings (SSSR count). The quantitative estimate of drug-likeness (QED) is 0.171. The average molecular weight is 550 g/mol. The Balaban J connectivity index is 0.000000565. The van der Waals surface area contributed by atoms with E-state index >= 15 is 0 Å². The maximum absolute atomic E-state index is 14.6. The zero-order valence-electron chi connectivity index (χ0n) is 25.6. The van der Waals surface area contributed by atoms with Crippen LogP contribution in [0.3, 0.4) is 0 Å². The SMILES string of the molecule is C=C(Cc1c[nH]c2c(-c3ncon3)ccc(F)c12)C(=C)N(CC)CCN(C)C.C=C/C(=C/C)C/C=C\CC.CC. The van der Waals surface area contributed by atoms with Crippen molar-refractivity contribution in [2.45, 2.75) is 53.9 Å². The number of benzene rings is 1. The van der Waals surface area contributed by atoms with Crippen molar-refractivity contribution in [1.29, 1.82) is 0 Å². The van der Waals surface area contributed by atoms with Crippen LogP contribution in [0.2, 0.25) is 0 Å². The highest BCUT2D eigenvalue weighted by Gasteiger charge is 2.18. The molecule has 218 valence electrons. The van der Waals surface area contributed by atoms with Gasteiger partial charge < -0.3 is 19.3 Å². The van der Waals surface area contributed by atoms with E-state index in [4.69, 9.17) is 4.52 Å². The van der Waals surface area contributed by atoms with E-state index in [0.29, 0.717) is 28.7 Å². The van der Waals surface area contributed by atoms with Crippen LogP contribution in [0.4, 0.5) is 4.39 Å². The molecule has 7 heteroatoms. The lowest BCUT2D eigenvalue weighted by molar-refractivity contribution is 0.302. The van der Waals surface area contributed by atoms with Crippen LogP contribution in [-0.2, 0) is 6.42 Å². The topological polar surface area (TPSA) is 61.2 Å². The third kappa shape index (κ3) is 10.1. The summed E-state index contributed by atoms with van der Waals surface area (Å²) >= 11 is 0. The van der Waals surface area contributed by atoms with E-state index in [2.05, 4.69) is 76.7 Å². The lowest BCUT2D eigenvalue weighted by atomic mass is 10.0. The summed E-state index contributed by atoms with van der Waals surface area (Å²) in [5.74, 6) is 0.124. The number of aromatic amines is 1. The van der Waals surface area contributed by atoms with Gasteiger partial charge in [0, 0.05) is 48.9 Å². The molecule has 0 unspecified atom stereocenters. The summed E-state index contributed by atoms with van der Waals surface area (Å²) in [6.07, 6.45) is 14.1. The lowest BCUT2D eigenvalue weighted by Crippen LogP contribution is -2.31. The van der Waals surface area contributed by atoms with E-state index in [1.165, 1.54) is 18.0 Å². The van der Waals surface area contributed by atoms with Gasteiger partial charge in [-0.05, 0) is 69.6 Å². The number of rotatable bonds is 13. The second-order valence-electron chi connectivity index (χ2n) is 9.18. The Kier molecular flexibility index (Phi) is 15.9. The van der Waals surface area contributed by atoms with Crippen LogP contribution in [0.15, 0.2) is 90.1 Å². The van der Waals surface area contributed by atoms with E-state index in [0.717, 1.165) is 49.3 Å². The maximum Gasteiger partial charge on any atom is 0.214 e. The molecule has 0 amide bonds. The third-order valence-corrected chi connectivity index (χ3v) is 6.25. The fourth-order valence-corrected chi connectivity index (χ4v) is 3.95. The number of H-pyrrole nitrogens is 1. The van der Waals surface area contributed by atoms with E-state index in [1.807, 2.05) is 47.1 Å². The van der Waals surface area contributed by atoms with Gasteiger partial charge >= 0.3 is 0 Å². The molecule has 2 heterocycles. The molecular formula is C33H48FN5O. The molecule has 0 aliphatic rings. The monoisotopic (exact) mass is 549 g/mol. The fraction of sp³-hybridized carbons (Fsp3) is 0.394. The molecule has 0 aliphatic carbocycles. The first kappa shape index (κ1) is 34.3. The molecule has 0 saturated heterocycles. The van der Waals surface area contributed by atoms with E-state index in [1.54, 1.807) is 6.07 Å². The number of likely N-dealkylation sites (N-methyl/N-ethyl adjacent to an activating group) is 2. The van der Waals surface area contributed by atoms with Crippen molar-refractivity contribution in [3.8, 4) is 11.4 Å². The van der Waals surface area contributed by atoms with Crippen molar-refractivity contribution in [2.75, 3.05) is 33.7 Å². The van der Waals surface area contributed by atoms with Gasteiger partial charge in [0.05, 0.1) is 5.52 Å². The maximum atomic E-state index is 14.6. The van der Waals surface area contributed by atoms with E-state index < -0.39 is 0 Å². The molecule has 0 bridgehead atoms. The highest BCUT2D eigenvalue weighted by Crippen LogP contribution is 2.32. The van der Waals surface area contributed by atoms with Crippen LogP contribution >= 0.6 is 0 Å². The van der Waals surface area contributed by atoms with Crippen LogP contribution in [0.5, 0.6) is 0 Å². The molecule has 0 atom stereocenters. The number of nitrogens with one attached hydrogen (secondary N) is 1. The number of halogens is 1. The fourth-order valence-electron chi connectivity index (χ4n) is 3.95. The van der Waals surface area contributed by atoms with Crippen molar-refractivity contribution < 1.29 is 8.91 Å². The summed E-state index contributed by atoms with van der Waals surface area (Å²) in [4.78, 5) is 11.6. The standard InChI is InChI=1S/C21H26FN5O.C10H16.C2H6/c1-6-27(10-9-26(4)5)15(3)14(2)11-16-12-23-20-17(21-24-13-28-25-21)7-8-18(22)19(16)20;1-4-7-8-9-10(5-2)6-3;1-2/h7-8,12-13,23H,2-3,6,9-11H2,1,4-5H3;5-8H,2,4,9H2,1,3H3;1-2H3/b;8-7-,10-6-;. The first-order valence-electron chi connectivity index (χ1n) is 14.0. The first-order valence-corrected chi connectivity index (χ1v) is 14.0. The summed E-state index contributed by atoms with van der Waals surface area (Å²) in [6.45, 7) is 25.0. The summed E-state index contributed by atoms with van der Waals surface area (Å²) in [5, 5.41) is 4.38. The molecule has 1 N–H and O–H groups in total. The van der Waals surface area contributed by atoms with Gasteiger partial charge in [-0.1, -0.05) is 70.0 Å². The van der Waals surface area contributed by atoms with Gasteiger partial charge in [-0.25, -0.2) is 4.39 Å². The second kappa shape index (κ2) is 18.6. The Labute approximate surface area is 240 Å². The molecule has 3 aromatic rings. The van der Waals surface area contributed by atoms with Crippen molar-refractivity contribution >= 4 is 10.9 Å². The largest absolute Gasteiger partial charge is 0.371 e. The van der Waals surface area contributed by atoms with Crippen LogP contribution in [0.1, 0.15) is 53.0 Å². The van der Waals surface area contributed by atoms with Crippen molar-refractivity contribution in [2.24, 2.45) is 0 Å². The molecule has 1 aromatic carbocycles. The van der Waals surface area contributed by atoms with E-state index in [-0.39, 0.29) is 5.82 Å². The average Bonchev–Trinajstić information content (AvgIpc) is 3.64. The lowest BCUT2D eigenvalue weighted by Gasteiger charge is -2.28. The number of aromatic nitrogens is 3. The number of nitrogens with zero attached hydrogens (tertiary/aromatic N) is 4. The highest BCUT2D eigenvalue weighted by atomic mass is 19.1. The molecule has 0 radical (unpaired) electrons. The summed E-state index contributed by atoms with van der Waals surface area (Å²) < 4.78 is 19.5. The molecule has 0 fully saturated rings. The highest BCUT2D eigenvalue weighted by molar-refractivity contribution is 5.95. The third-order valence-electron chi connectivity index (χ3n) is 6.25. The van der Waals surface area contributed by atoms with Crippen LogP contribution in [-0.4, -0.2) is 58.7 Å². The van der Waals surface area contributed by atoms with Gasteiger partial charge in [0.25, 0.3) is 0 Å².